The lowest BCUT2D eigenvalue weighted by atomic mass is 9.95. The first-order valence-electron chi connectivity index (χ1n) is 6.73. The van der Waals surface area contributed by atoms with Crippen molar-refractivity contribution in [2.45, 2.75) is 38.9 Å². The number of methoxy groups -OCH3 is 1. The van der Waals surface area contributed by atoms with Crippen molar-refractivity contribution in [3.8, 4) is 5.75 Å². The van der Waals surface area contributed by atoms with Gasteiger partial charge in [-0.2, -0.15) is 0 Å². The van der Waals surface area contributed by atoms with Crippen molar-refractivity contribution in [2.75, 3.05) is 7.11 Å². The van der Waals surface area contributed by atoms with Gasteiger partial charge in [0, 0.05) is 12.1 Å². The van der Waals surface area contributed by atoms with Crippen LogP contribution in [-0.2, 0) is 16.1 Å². The van der Waals surface area contributed by atoms with Gasteiger partial charge in [0.25, 0.3) is 0 Å². The molecule has 0 saturated carbocycles. The molecular formula is C15H19FN2O3. The molecule has 1 aromatic rings. The summed E-state index contributed by atoms with van der Waals surface area (Å²) < 4.78 is 19.2. The van der Waals surface area contributed by atoms with Gasteiger partial charge < -0.3 is 15.0 Å². The number of nitrogens with one attached hydrogen (secondary N) is 1. The van der Waals surface area contributed by atoms with Gasteiger partial charge in [0.05, 0.1) is 7.11 Å². The fourth-order valence-corrected chi connectivity index (χ4v) is 2.35. The number of ether oxygens (including phenoxy) is 1. The Morgan fingerprint density at radius 2 is 2.05 bits per heavy atom. The number of rotatable bonds is 3. The normalized spacial score (nSPS) is 21.2. The predicted octanol–water partition coefficient (Wildman–Crippen LogP) is 1.46. The summed E-state index contributed by atoms with van der Waals surface area (Å²) in [5.74, 6) is -0.880. The molecule has 1 aromatic carbocycles. The number of hydrogen-bond donors (Lipinski definition) is 1. The van der Waals surface area contributed by atoms with Gasteiger partial charge in [-0.1, -0.05) is 12.1 Å². The summed E-state index contributed by atoms with van der Waals surface area (Å²) in [6.07, 6.45) is 0. The van der Waals surface area contributed by atoms with E-state index in [1.165, 1.54) is 18.1 Å². The van der Waals surface area contributed by atoms with Crippen LogP contribution in [0.1, 0.15) is 26.3 Å². The largest absolute Gasteiger partial charge is 0.494 e. The number of piperazine rings is 1. The number of carbonyl (C=O) groups is 2. The van der Waals surface area contributed by atoms with Crippen LogP contribution in [0.4, 0.5) is 4.39 Å². The summed E-state index contributed by atoms with van der Waals surface area (Å²) in [6.45, 7) is 4.92. The SMILES string of the molecule is COc1cccc(CN2C(=O)C(C)NC(=O)C2(C)C)c1F. The molecule has 2 rings (SSSR count). The van der Waals surface area contributed by atoms with Gasteiger partial charge in [-0.25, -0.2) is 4.39 Å². The number of amides is 2. The fourth-order valence-electron chi connectivity index (χ4n) is 2.35. The van der Waals surface area contributed by atoms with Gasteiger partial charge in [0.15, 0.2) is 11.6 Å². The number of hydrogen-bond acceptors (Lipinski definition) is 3. The molecule has 1 unspecified atom stereocenters. The fraction of sp³-hybridized carbons (Fsp3) is 0.467. The van der Waals surface area contributed by atoms with Gasteiger partial charge >= 0.3 is 0 Å². The van der Waals surface area contributed by atoms with Crippen LogP contribution in [0.5, 0.6) is 5.75 Å². The summed E-state index contributed by atoms with van der Waals surface area (Å²) in [6, 6.07) is 4.14. The van der Waals surface area contributed by atoms with Crippen LogP contribution >= 0.6 is 0 Å². The van der Waals surface area contributed by atoms with Gasteiger partial charge in [0.2, 0.25) is 11.8 Å². The molecule has 1 heterocycles. The minimum absolute atomic E-state index is 0.0205. The average Bonchev–Trinajstić information content (AvgIpc) is 2.43. The number of nitrogens with zero attached hydrogens (tertiary/aromatic N) is 1. The Balaban J connectivity index is 2.36. The van der Waals surface area contributed by atoms with Crippen molar-refractivity contribution in [1.82, 2.24) is 10.2 Å². The van der Waals surface area contributed by atoms with Crippen molar-refractivity contribution >= 4 is 11.8 Å². The smallest absolute Gasteiger partial charge is 0.246 e. The van der Waals surface area contributed by atoms with Gasteiger partial charge in [0.1, 0.15) is 11.6 Å². The lowest BCUT2D eigenvalue weighted by molar-refractivity contribution is -0.155. The minimum atomic E-state index is -1.03. The molecule has 5 nitrogen and oxygen atoms in total. The van der Waals surface area contributed by atoms with E-state index in [-0.39, 0.29) is 24.1 Å². The molecule has 0 aromatic heterocycles. The molecule has 1 aliphatic heterocycles. The Hall–Kier alpha value is -2.11. The monoisotopic (exact) mass is 294 g/mol. The van der Waals surface area contributed by atoms with E-state index in [0.29, 0.717) is 5.56 Å². The van der Waals surface area contributed by atoms with E-state index in [9.17, 15) is 14.0 Å². The van der Waals surface area contributed by atoms with Gasteiger partial charge in [-0.15, -0.1) is 0 Å². The van der Waals surface area contributed by atoms with E-state index in [1.807, 2.05) is 0 Å². The standard InChI is InChI=1S/C15H19FN2O3/c1-9-13(19)18(15(2,3)14(20)17-9)8-10-6-5-7-11(21-4)12(10)16/h5-7,9H,8H2,1-4H3,(H,17,20). The highest BCUT2D eigenvalue weighted by Gasteiger charge is 2.44. The van der Waals surface area contributed by atoms with Gasteiger partial charge in [-0.05, 0) is 26.8 Å². The topological polar surface area (TPSA) is 58.6 Å². The first kappa shape index (κ1) is 15.3. The van der Waals surface area contributed by atoms with Crippen molar-refractivity contribution in [3.05, 3.63) is 29.6 Å². The lowest BCUT2D eigenvalue weighted by Gasteiger charge is -2.43. The predicted molar refractivity (Wildman–Crippen MR) is 75.2 cm³/mol. The number of halogens is 1. The molecule has 1 atom stereocenters. The summed E-state index contributed by atoms with van der Waals surface area (Å²) in [5.41, 5.74) is -0.711. The maximum absolute atomic E-state index is 14.2. The summed E-state index contributed by atoms with van der Waals surface area (Å²) >= 11 is 0. The maximum atomic E-state index is 14.2. The zero-order chi connectivity index (χ0) is 15.8. The molecule has 6 heteroatoms. The van der Waals surface area contributed by atoms with Crippen LogP contribution in [0.3, 0.4) is 0 Å². The average molecular weight is 294 g/mol. The Kier molecular flexibility index (Phi) is 3.89. The van der Waals surface area contributed by atoms with Crippen LogP contribution < -0.4 is 10.1 Å². The van der Waals surface area contributed by atoms with Crippen molar-refractivity contribution in [3.63, 3.8) is 0 Å². The molecular weight excluding hydrogens is 275 g/mol. The van der Waals surface area contributed by atoms with E-state index in [2.05, 4.69) is 5.32 Å². The van der Waals surface area contributed by atoms with Gasteiger partial charge in [-0.3, -0.25) is 9.59 Å². The minimum Gasteiger partial charge on any atom is -0.494 e. The molecule has 0 radical (unpaired) electrons. The third-order valence-corrected chi connectivity index (χ3v) is 3.81. The van der Waals surface area contributed by atoms with Crippen LogP contribution in [0.15, 0.2) is 18.2 Å². The molecule has 114 valence electrons. The van der Waals surface area contributed by atoms with Crippen LogP contribution in [0.25, 0.3) is 0 Å². The zero-order valence-corrected chi connectivity index (χ0v) is 12.6. The number of carbonyl (C=O) groups excluding carboxylic acids is 2. The van der Waals surface area contributed by atoms with Crippen molar-refractivity contribution < 1.29 is 18.7 Å². The third kappa shape index (κ3) is 2.57. The highest BCUT2D eigenvalue weighted by Crippen LogP contribution is 2.27. The van der Waals surface area contributed by atoms with Crippen LogP contribution in [-0.4, -0.2) is 35.4 Å². The number of benzene rings is 1. The Bertz CT molecular complexity index is 586. The molecule has 0 spiro atoms. The molecule has 1 N–H and O–H groups in total. The Morgan fingerprint density at radius 1 is 1.38 bits per heavy atom. The first-order chi connectivity index (χ1) is 9.78. The first-order valence-corrected chi connectivity index (χ1v) is 6.73. The molecule has 2 amide bonds. The third-order valence-electron chi connectivity index (χ3n) is 3.81. The van der Waals surface area contributed by atoms with E-state index < -0.39 is 17.4 Å². The second kappa shape index (κ2) is 5.35. The Morgan fingerprint density at radius 3 is 2.67 bits per heavy atom. The molecule has 0 bridgehead atoms. The molecule has 1 saturated heterocycles. The summed E-state index contributed by atoms with van der Waals surface area (Å²) in [4.78, 5) is 25.8. The zero-order valence-electron chi connectivity index (χ0n) is 12.6. The van der Waals surface area contributed by atoms with Crippen LogP contribution in [0, 0.1) is 5.82 Å². The van der Waals surface area contributed by atoms with E-state index in [0.717, 1.165) is 0 Å². The summed E-state index contributed by atoms with van der Waals surface area (Å²) in [5, 5.41) is 2.62. The maximum Gasteiger partial charge on any atom is 0.246 e. The molecule has 1 aliphatic rings. The Labute approximate surface area is 123 Å². The van der Waals surface area contributed by atoms with Crippen LogP contribution in [0.2, 0.25) is 0 Å². The molecule has 1 fully saturated rings. The van der Waals surface area contributed by atoms with Crippen molar-refractivity contribution in [2.24, 2.45) is 0 Å². The highest BCUT2D eigenvalue weighted by atomic mass is 19.1. The lowest BCUT2D eigenvalue weighted by Crippen LogP contribution is -2.67. The van der Waals surface area contributed by atoms with E-state index in [1.54, 1.807) is 32.9 Å². The van der Waals surface area contributed by atoms with Crippen molar-refractivity contribution in [1.29, 1.82) is 0 Å². The highest BCUT2D eigenvalue weighted by molar-refractivity contribution is 5.99. The second-order valence-corrected chi connectivity index (χ2v) is 5.61. The van der Waals surface area contributed by atoms with E-state index >= 15 is 0 Å². The van der Waals surface area contributed by atoms with E-state index in [4.69, 9.17) is 4.74 Å². The molecule has 21 heavy (non-hydrogen) atoms. The second-order valence-electron chi connectivity index (χ2n) is 5.61. The quantitative estimate of drug-likeness (QED) is 0.918. The molecule has 0 aliphatic carbocycles. The summed E-state index contributed by atoms with van der Waals surface area (Å²) in [7, 11) is 1.38.